The molecule has 0 aromatic carbocycles. The zero-order chi connectivity index (χ0) is 48.1. The van der Waals surface area contributed by atoms with E-state index in [1.165, 1.54) is 218 Å². The third-order valence-corrected chi connectivity index (χ3v) is 13.6. The van der Waals surface area contributed by atoms with E-state index in [1.54, 1.807) is 0 Å². The summed E-state index contributed by atoms with van der Waals surface area (Å²) in [6.07, 6.45) is 61.3. The van der Waals surface area contributed by atoms with E-state index in [0.29, 0.717) is 6.42 Å². The first-order valence-corrected chi connectivity index (χ1v) is 29.8. The van der Waals surface area contributed by atoms with E-state index in [0.717, 1.165) is 44.9 Å². The average Bonchev–Trinajstić information content (AvgIpc) is 3.31. The number of unbranched alkanes of at least 4 members (excludes halogenated alkanes) is 37. The van der Waals surface area contributed by atoms with Crippen molar-refractivity contribution in [3.05, 3.63) is 24.3 Å². The van der Waals surface area contributed by atoms with Crippen LogP contribution in [-0.4, -0.2) is 54.3 Å². The molecule has 66 heavy (non-hydrogen) atoms. The van der Waals surface area contributed by atoms with Crippen LogP contribution in [0.2, 0.25) is 0 Å². The molecule has 0 aliphatic carbocycles. The summed E-state index contributed by atoms with van der Waals surface area (Å²) in [5.41, 5.74) is 0. The van der Waals surface area contributed by atoms with Crippen molar-refractivity contribution in [2.24, 2.45) is 0 Å². The van der Waals surface area contributed by atoms with E-state index >= 15 is 0 Å². The number of allylic oxidation sites excluding steroid dienone is 4. The zero-order valence-electron chi connectivity index (χ0n) is 43.4. The molecular weight excluding hydrogens is 846 g/mol. The number of amides is 1. The average molecular weight is 954 g/mol. The van der Waals surface area contributed by atoms with Crippen LogP contribution in [0.15, 0.2) is 24.3 Å². The summed E-state index contributed by atoms with van der Waals surface area (Å²) >= 11 is 0. The topological polar surface area (TPSA) is 131 Å². The summed E-state index contributed by atoms with van der Waals surface area (Å²) in [6.45, 7) is 3.59. The molecule has 390 valence electrons. The maximum absolute atomic E-state index is 12.2. The van der Waals surface area contributed by atoms with Crippen molar-refractivity contribution >= 4 is 19.7 Å². The number of aliphatic hydroxyl groups excluding tert-OH is 1. The van der Waals surface area contributed by atoms with Crippen LogP contribution in [-0.2, 0) is 27.9 Å². The number of nitrogens with one attached hydrogen (secondary N) is 1. The van der Waals surface area contributed by atoms with E-state index in [4.69, 9.17) is 13.8 Å². The molecule has 0 radical (unpaired) electrons. The monoisotopic (exact) mass is 954 g/mol. The SMILES string of the molecule is CCCCC/C=C\C/C=C\CCCCCCCCCCCCCC(=O)OCC(O)COP(=O)(O)OCCNC(=O)CCCCCCCCCCCCCCCCCCCCCCCCCC. The van der Waals surface area contributed by atoms with Gasteiger partial charge in [-0.2, -0.15) is 0 Å². The van der Waals surface area contributed by atoms with Crippen molar-refractivity contribution in [1.29, 1.82) is 0 Å². The summed E-state index contributed by atoms with van der Waals surface area (Å²) in [4.78, 5) is 34.2. The molecule has 0 spiro atoms. The van der Waals surface area contributed by atoms with Gasteiger partial charge in [-0.1, -0.05) is 256 Å². The first kappa shape index (κ1) is 64.5. The van der Waals surface area contributed by atoms with Crippen molar-refractivity contribution < 1.29 is 37.9 Å². The summed E-state index contributed by atoms with van der Waals surface area (Å²) in [5, 5.41) is 12.8. The number of hydrogen-bond acceptors (Lipinski definition) is 7. The minimum atomic E-state index is -4.42. The van der Waals surface area contributed by atoms with Gasteiger partial charge in [0, 0.05) is 19.4 Å². The largest absolute Gasteiger partial charge is 0.472 e. The van der Waals surface area contributed by atoms with Gasteiger partial charge in [-0.3, -0.25) is 18.6 Å². The molecule has 0 aliphatic heterocycles. The molecule has 2 atom stereocenters. The number of carbonyl (C=O) groups is 2. The third-order valence-electron chi connectivity index (χ3n) is 12.6. The molecule has 2 unspecified atom stereocenters. The van der Waals surface area contributed by atoms with Crippen LogP contribution < -0.4 is 5.32 Å². The number of aliphatic hydroxyl groups is 1. The lowest BCUT2D eigenvalue weighted by Crippen LogP contribution is -2.27. The van der Waals surface area contributed by atoms with Crippen molar-refractivity contribution in [2.45, 2.75) is 296 Å². The molecule has 0 heterocycles. The lowest BCUT2D eigenvalue weighted by molar-refractivity contribution is -0.147. The van der Waals surface area contributed by atoms with Crippen LogP contribution in [0.25, 0.3) is 0 Å². The van der Waals surface area contributed by atoms with Gasteiger partial charge in [0.2, 0.25) is 5.91 Å². The highest BCUT2D eigenvalue weighted by atomic mass is 31.2. The quantitative estimate of drug-likeness (QED) is 0.0238. The number of phosphoric acid groups is 1. The number of hydrogen-bond donors (Lipinski definition) is 3. The van der Waals surface area contributed by atoms with E-state index in [1.807, 2.05) is 0 Å². The van der Waals surface area contributed by atoms with Gasteiger partial charge < -0.3 is 20.1 Å². The van der Waals surface area contributed by atoms with Crippen LogP contribution >= 0.6 is 7.82 Å². The summed E-state index contributed by atoms with van der Waals surface area (Å²) in [6, 6.07) is 0. The molecule has 3 N–H and O–H groups in total. The normalized spacial score (nSPS) is 13.2. The molecule has 0 bridgehead atoms. The van der Waals surface area contributed by atoms with Gasteiger partial charge in [0.25, 0.3) is 0 Å². The second-order valence-electron chi connectivity index (χ2n) is 19.3. The predicted molar refractivity (Wildman–Crippen MR) is 280 cm³/mol. The lowest BCUT2D eigenvalue weighted by Gasteiger charge is -2.15. The standard InChI is InChI=1S/C56H108NO8P/c1-3-5-7-9-11-13-15-17-19-21-23-25-26-27-29-30-32-34-36-38-40-42-44-46-48-55(59)57-50-51-64-66(61,62)65-53-54(58)52-63-56(60)49-47-45-43-41-39-37-35-33-31-28-24-22-20-18-16-14-12-10-8-6-4-2/h12,14,18,20,54,58H,3-11,13,15-17,19,21-53H2,1-2H3,(H,57,59)(H,61,62)/b14-12-,20-18-. The first-order chi connectivity index (χ1) is 32.3. The van der Waals surface area contributed by atoms with Gasteiger partial charge >= 0.3 is 13.8 Å². The zero-order valence-corrected chi connectivity index (χ0v) is 44.3. The van der Waals surface area contributed by atoms with Crippen molar-refractivity contribution in [3.8, 4) is 0 Å². The van der Waals surface area contributed by atoms with Crippen LogP contribution in [0.1, 0.15) is 290 Å². The Morgan fingerprint density at radius 2 is 0.818 bits per heavy atom. The highest BCUT2D eigenvalue weighted by molar-refractivity contribution is 7.47. The number of ether oxygens (including phenoxy) is 1. The van der Waals surface area contributed by atoms with Gasteiger partial charge in [0.1, 0.15) is 12.7 Å². The molecule has 9 nitrogen and oxygen atoms in total. The molecular formula is C56H108NO8P. The van der Waals surface area contributed by atoms with E-state index in [9.17, 15) is 24.2 Å². The Bertz CT molecular complexity index is 1130. The molecule has 0 aliphatic rings. The highest BCUT2D eigenvalue weighted by Gasteiger charge is 2.23. The smallest absolute Gasteiger partial charge is 0.463 e. The molecule has 0 aromatic heterocycles. The number of rotatable bonds is 54. The van der Waals surface area contributed by atoms with Crippen LogP contribution in [0, 0.1) is 0 Å². The second-order valence-corrected chi connectivity index (χ2v) is 20.7. The summed E-state index contributed by atoms with van der Waals surface area (Å²) in [7, 11) is -4.42. The Hall–Kier alpha value is -1.51. The number of esters is 1. The van der Waals surface area contributed by atoms with Crippen LogP contribution in [0.4, 0.5) is 0 Å². The molecule has 0 saturated heterocycles. The minimum absolute atomic E-state index is 0.0861. The molecule has 10 heteroatoms. The summed E-state index contributed by atoms with van der Waals surface area (Å²) in [5.74, 6) is -0.504. The van der Waals surface area contributed by atoms with Crippen molar-refractivity contribution in [1.82, 2.24) is 5.32 Å². The predicted octanol–water partition coefficient (Wildman–Crippen LogP) is 17.1. The van der Waals surface area contributed by atoms with E-state index < -0.39 is 26.5 Å². The molecule has 0 aromatic rings. The fraction of sp³-hybridized carbons (Fsp3) is 0.893. The van der Waals surface area contributed by atoms with Gasteiger partial charge in [-0.25, -0.2) is 4.57 Å². The maximum Gasteiger partial charge on any atom is 0.472 e. The second kappa shape index (κ2) is 52.9. The summed E-state index contributed by atoms with van der Waals surface area (Å²) < 4.78 is 27.1. The van der Waals surface area contributed by atoms with Crippen LogP contribution in [0.5, 0.6) is 0 Å². The number of phosphoric ester groups is 1. The molecule has 0 rings (SSSR count). The first-order valence-electron chi connectivity index (χ1n) is 28.3. The molecule has 0 saturated carbocycles. The van der Waals surface area contributed by atoms with Crippen molar-refractivity contribution in [2.75, 3.05) is 26.4 Å². The fourth-order valence-electron chi connectivity index (χ4n) is 8.36. The lowest BCUT2D eigenvalue weighted by atomic mass is 10.0. The molecule has 1 amide bonds. The fourth-order valence-corrected chi connectivity index (χ4v) is 9.11. The van der Waals surface area contributed by atoms with Crippen LogP contribution in [0.3, 0.4) is 0 Å². The van der Waals surface area contributed by atoms with Crippen molar-refractivity contribution in [3.63, 3.8) is 0 Å². The van der Waals surface area contributed by atoms with Gasteiger partial charge in [-0.05, 0) is 44.9 Å². The Kier molecular flexibility index (Phi) is 51.6. The Morgan fingerprint density at radius 1 is 0.470 bits per heavy atom. The number of carbonyl (C=O) groups excluding carboxylic acids is 2. The Labute approximate surface area is 408 Å². The van der Waals surface area contributed by atoms with E-state index in [-0.39, 0.29) is 32.1 Å². The Balaban J connectivity index is 3.49. The molecule has 0 fully saturated rings. The highest BCUT2D eigenvalue weighted by Crippen LogP contribution is 2.42. The van der Waals surface area contributed by atoms with Gasteiger partial charge in [0.15, 0.2) is 0 Å². The third kappa shape index (κ3) is 53.4. The van der Waals surface area contributed by atoms with Gasteiger partial charge in [-0.15, -0.1) is 0 Å². The van der Waals surface area contributed by atoms with E-state index in [2.05, 4.69) is 43.5 Å². The van der Waals surface area contributed by atoms with Gasteiger partial charge in [0.05, 0.1) is 13.2 Å². The Morgan fingerprint density at radius 3 is 1.24 bits per heavy atom. The minimum Gasteiger partial charge on any atom is -0.463 e. The maximum atomic E-state index is 12.2.